The highest BCUT2D eigenvalue weighted by Gasteiger charge is 2.37. The number of rotatable bonds is 6. The minimum Gasteiger partial charge on any atom is -0.327 e. The summed E-state index contributed by atoms with van der Waals surface area (Å²) in [5.41, 5.74) is 11.9. The molecule has 2 aromatic carbocycles. The molecule has 6 heteroatoms. The van der Waals surface area contributed by atoms with Gasteiger partial charge in [0, 0.05) is 31.0 Å². The first-order chi connectivity index (χ1) is 13.5. The molecule has 1 saturated heterocycles. The molecular weight excluding hydrogens is 404 g/mol. The maximum Gasteiger partial charge on any atom is 0.214 e. The number of hydrogen-bond acceptors (Lipinski definition) is 3. The van der Waals surface area contributed by atoms with Gasteiger partial charge >= 0.3 is 0 Å². The standard InChI is InChI=1S/C23H30N2O2S.ClH/c1-2-12-28(26,27)25-15-20(16-25)19-9-8-18-10-11-23(24)22(21(18)14-19)13-17-6-4-3-5-7-17;/h3-9,14,20,22-23H,2,10-13,15-16,24H2,1H3;1H. The fourth-order valence-corrected chi connectivity index (χ4v) is 6.17. The molecule has 158 valence electrons. The van der Waals surface area contributed by atoms with Crippen molar-refractivity contribution in [2.24, 2.45) is 5.73 Å². The Bertz CT molecular complexity index is 927. The Labute approximate surface area is 181 Å². The molecule has 0 saturated carbocycles. The van der Waals surface area contributed by atoms with E-state index in [1.54, 1.807) is 4.31 Å². The normalized spacial score (nSPS) is 22.4. The van der Waals surface area contributed by atoms with Crippen LogP contribution < -0.4 is 5.73 Å². The van der Waals surface area contributed by atoms with Gasteiger partial charge in [-0.05, 0) is 47.9 Å². The largest absolute Gasteiger partial charge is 0.327 e. The molecule has 0 aromatic heterocycles. The van der Waals surface area contributed by atoms with Crippen LogP contribution in [-0.4, -0.2) is 37.6 Å². The molecule has 0 amide bonds. The van der Waals surface area contributed by atoms with Crippen molar-refractivity contribution in [2.75, 3.05) is 18.8 Å². The van der Waals surface area contributed by atoms with Gasteiger partial charge in [0.05, 0.1) is 5.75 Å². The van der Waals surface area contributed by atoms with Crippen molar-refractivity contribution < 1.29 is 8.42 Å². The molecule has 1 heterocycles. The van der Waals surface area contributed by atoms with Gasteiger partial charge in [-0.1, -0.05) is 55.5 Å². The molecule has 29 heavy (non-hydrogen) atoms. The number of sulfonamides is 1. The highest BCUT2D eigenvalue weighted by molar-refractivity contribution is 7.89. The quantitative estimate of drug-likeness (QED) is 0.751. The average Bonchev–Trinajstić information content (AvgIpc) is 2.63. The molecule has 2 N–H and O–H groups in total. The summed E-state index contributed by atoms with van der Waals surface area (Å²) in [7, 11) is -3.08. The third kappa shape index (κ3) is 4.69. The van der Waals surface area contributed by atoms with Crippen molar-refractivity contribution in [3.63, 3.8) is 0 Å². The molecule has 0 radical (unpaired) electrons. The zero-order valence-electron chi connectivity index (χ0n) is 17.0. The van der Waals surface area contributed by atoms with Crippen molar-refractivity contribution in [1.82, 2.24) is 4.31 Å². The Morgan fingerprint density at radius 3 is 2.52 bits per heavy atom. The lowest BCUT2D eigenvalue weighted by atomic mass is 9.75. The van der Waals surface area contributed by atoms with Gasteiger partial charge in [-0.15, -0.1) is 12.4 Å². The van der Waals surface area contributed by atoms with Gasteiger partial charge < -0.3 is 5.73 Å². The summed E-state index contributed by atoms with van der Waals surface area (Å²) < 4.78 is 26.1. The van der Waals surface area contributed by atoms with Crippen LogP contribution in [0, 0.1) is 0 Å². The molecule has 0 bridgehead atoms. The molecule has 1 aliphatic heterocycles. The van der Waals surface area contributed by atoms with Crippen molar-refractivity contribution >= 4 is 22.4 Å². The molecule has 1 fully saturated rings. The molecule has 2 aromatic rings. The molecule has 1 aliphatic carbocycles. The maximum absolute atomic E-state index is 12.2. The Hall–Kier alpha value is -1.40. The first-order valence-corrected chi connectivity index (χ1v) is 12.0. The summed E-state index contributed by atoms with van der Waals surface area (Å²) >= 11 is 0. The highest BCUT2D eigenvalue weighted by atomic mass is 35.5. The molecule has 4 rings (SSSR count). The second-order valence-electron chi connectivity index (χ2n) is 8.29. The van der Waals surface area contributed by atoms with E-state index < -0.39 is 10.0 Å². The number of hydrogen-bond donors (Lipinski definition) is 1. The summed E-state index contributed by atoms with van der Waals surface area (Å²) in [6.07, 6.45) is 3.68. The van der Waals surface area contributed by atoms with Crippen molar-refractivity contribution in [3.8, 4) is 0 Å². The maximum atomic E-state index is 12.2. The van der Waals surface area contributed by atoms with Gasteiger partial charge in [0.15, 0.2) is 0 Å². The van der Waals surface area contributed by atoms with Crippen LogP contribution in [-0.2, 0) is 22.9 Å². The third-order valence-electron chi connectivity index (χ3n) is 6.31. The lowest BCUT2D eigenvalue weighted by Gasteiger charge is -2.39. The van der Waals surface area contributed by atoms with E-state index in [-0.39, 0.29) is 24.2 Å². The highest BCUT2D eigenvalue weighted by Crippen LogP contribution is 2.37. The summed E-state index contributed by atoms with van der Waals surface area (Å²) in [5.74, 6) is 0.872. The molecular formula is C23H31ClN2O2S. The predicted octanol–water partition coefficient (Wildman–Crippen LogP) is 3.85. The van der Waals surface area contributed by atoms with Crippen LogP contribution >= 0.6 is 12.4 Å². The summed E-state index contributed by atoms with van der Waals surface area (Å²) in [6.45, 7) is 3.13. The van der Waals surface area contributed by atoms with Gasteiger partial charge in [-0.2, -0.15) is 0 Å². The Morgan fingerprint density at radius 1 is 1.10 bits per heavy atom. The number of aryl methyl sites for hydroxylation is 1. The summed E-state index contributed by atoms with van der Waals surface area (Å²) in [6, 6.07) is 17.5. The van der Waals surface area contributed by atoms with E-state index in [1.807, 2.05) is 13.0 Å². The monoisotopic (exact) mass is 434 g/mol. The fourth-order valence-electron chi connectivity index (χ4n) is 4.59. The van der Waals surface area contributed by atoms with E-state index in [9.17, 15) is 8.42 Å². The summed E-state index contributed by atoms with van der Waals surface area (Å²) in [4.78, 5) is 0. The van der Waals surface area contributed by atoms with E-state index in [1.165, 1.54) is 22.3 Å². The molecule has 0 spiro atoms. The number of fused-ring (bicyclic) bond motifs is 1. The number of benzene rings is 2. The van der Waals surface area contributed by atoms with Crippen LogP contribution in [0.4, 0.5) is 0 Å². The van der Waals surface area contributed by atoms with Gasteiger partial charge in [0.25, 0.3) is 0 Å². The van der Waals surface area contributed by atoms with E-state index in [0.29, 0.717) is 31.3 Å². The number of nitrogens with two attached hydrogens (primary N) is 1. The Kier molecular flexibility index (Phi) is 7.05. The van der Waals surface area contributed by atoms with Crippen LogP contribution in [0.2, 0.25) is 0 Å². The van der Waals surface area contributed by atoms with Crippen LogP contribution in [0.1, 0.15) is 53.9 Å². The SMILES string of the molecule is CCCS(=O)(=O)N1CC(c2ccc3c(c2)C(Cc2ccccc2)C(N)CC3)C1.Cl. The zero-order chi connectivity index (χ0) is 19.7. The first kappa shape index (κ1) is 22.3. The van der Waals surface area contributed by atoms with Gasteiger partial charge in [0.1, 0.15) is 0 Å². The second kappa shape index (κ2) is 9.17. The van der Waals surface area contributed by atoms with E-state index in [2.05, 4.69) is 42.5 Å². The Morgan fingerprint density at radius 2 is 1.83 bits per heavy atom. The lowest BCUT2D eigenvalue weighted by molar-refractivity contribution is 0.264. The first-order valence-electron chi connectivity index (χ1n) is 10.4. The molecule has 2 unspecified atom stereocenters. The fraction of sp³-hybridized carbons (Fsp3) is 0.478. The van der Waals surface area contributed by atoms with E-state index in [4.69, 9.17) is 5.73 Å². The molecule has 2 aliphatic rings. The topological polar surface area (TPSA) is 63.4 Å². The number of nitrogens with zero attached hydrogens (tertiary/aromatic N) is 1. The van der Waals surface area contributed by atoms with E-state index >= 15 is 0 Å². The molecule has 2 atom stereocenters. The third-order valence-corrected chi connectivity index (χ3v) is 8.32. The van der Waals surface area contributed by atoms with Crippen molar-refractivity contribution in [3.05, 3.63) is 70.8 Å². The van der Waals surface area contributed by atoms with Crippen LogP contribution in [0.15, 0.2) is 48.5 Å². The van der Waals surface area contributed by atoms with Crippen LogP contribution in [0.3, 0.4) is 0 Å². The second-order valence-corrected chi connectivity index (χ2v) is 10.4. The van der Waals surface area contributed by atoms with Gasteiger partial charge in [-0.3, -0.25) is 0 Å². The lowest BCUT2D eigenvalue weighted by Crippen LogP contribution is -2.49. The zero-order valence-corrected chi connectivity index (χ0v) is 18.6. The Balaban J connectivity index is 0.00000240. The van der Waals surface area contributed by atoms with Gasteiger partial charge in [0.2, 0.25) is 10.0 Å². The minimum atomic E-state index is -3.08. The van der Waals surface area contributed by atoms with Crippen LogP contribution in [0.25, 0.3) is 0 Å². The van der Waals surface area contributed by atoms with Crippen LogP contribution in [0.5, 0.6) is 0 Å². The minimum absolute atomic E-state index is 0. The van der Waals surface area contributed by atoms with Crippen molar-refractivity contribution in [2.45, 2.75) is 50.5 Å². The molecule has 4 nitrogen and oxygen atoms in total. The predicted molar refractivity (Wildman–Crippen MR) is 121 cm³/mol. The van der Waals surface area contributed by atoms with E-state index in [0.717, 1.165) is 19.3 Å². The smallest absolute Gasteiger partial charge is 0.214 e. The average molecular weight is 435 g/mol. The number of halogens is 1. The summed E-state index contributed by atoms with van der Waals surface area (Å²) in [5, 5.41) is 0. The van der Waals surface area contributed by atoms with Crippen molar-refractivity contribution in [1.29, 1.82) is 0 Å². The van der Waals surface area contributed by atoms with Gasteiger partial charge in [-0.25, -0.2) is 12.7 Å².